The number of rotatable bonds is 6. The number of nitrogens with one attached hydrogen (secondary N) is 1. The summed E-state index contributed by atoms with van der Waals surface area (Å²) < 4.78 is 0. The van der Waals surface area contributed by atoms with Crippen molar-refractivity contribution in [2.45, 2.75) is 43.5 Å². The molecule has 0 radical (unpaired) electrons. The van der Waals surface area contributed by atoms with Gasteiger partial charge in [-0.1, -0.05) is 23.8 Å². The van der Waals surface area contributed by atoms with Gasteiger partial charge in [-0.25, -0.2) is 0 Å². The zero-order valence-corrected chi connectivity index (χ0v) is 13.3. The molecule has 19 heavy (non-hydrogen) atoms. The molecule has 1 N–H and O–H groups in total. The Morgan fingerprint density at radius 3 is 2.58 bits per heavy atom. The van der Waals surface area contributed by atoms with Gasteiger partial charge in [0, 0.05) is 11.4 Å². The van der Waals surface area contributed by atoms with Crippen LogP contribution in [0.25, 0.3) is 0 Å². The van der Waals surface area contributed by atoms with Gasteiger partial charge >= 0.3 is 0 Å². The van der Waals surface area contributed by atoms with Gasteiger partial charge in [-0.15, -0.1) is 24.2 Å². The molecule has 0 unspecified atom stereocenters. The maximum atomic E-state index is 3.54. The van der Waals surface area contributed by atoms with Crippen LogP contribution in [0.5, 0.6) is 0 Å². The molecule has 0 atom stereocenters. The van der Waals surface area contributed by atoms with Crippen molar-refractivity contribution in [1.29, 1.82) is 0 Å². The van der Waals surface area contributed by atoms with Crippen molar-refractivity contribution >= 4 is 24.2 Å². The van der Waals surface area contributed by atoms with Crippen LogP contribution in [0.4, 0.5) is 0 Å². The van der Waals surface area contributed by atoms with Gasteiger partial charge in [0.1, 0.15) is 0 Å². The first-order valence-corrected chi connectivity index (χ1v) is 8.12. The van der Waals surface area contributed by atoms with Gasteiger partial charge in [0.25, 0.3) is 0 Å². The maximum absolute atomic E-state index is 3.54. The highest BCUT2D eigenvalue weighted by atomic mass is 35.5. The van der Waals surface area contributed by atoms with Gasteiger partial charge in [-0.05, 0) is 62.6 Å². The Kier molecular flexibility index (Phi) is 8.27. The lowest BCUT2D eigenvalue weighted by Gasteiger charge is -2.13. The SMILES string of the molecule is CSc1ccc(CNCCC2=CCCCC2)cc1.Cl. The van der Waals surface area contributed by atoms with E-state index in [2.05, 4.69) is 41.9 Å². The van der Waals surface area contributed by atoms with Gasteiger partial charge in [0.15, 0.2) is 0 Å². The van der Waals surface area contributed by atoms with Gasteiger partial charge in [-0.3, -0.25) is 0 Å². The van der Waals surface area contributed by atoms with Crippen LogP contribution in [0.1, 0.15) is 37.7 Å². The highest BCUT2D eigenvalue weighted by Gasteiger charge is 2.02. The second kappa shape index (κ2) is 9.46. The zero-order chi connectivity index (χ0) is 12.6. The lowest BCUT2D eigenvalue weighted by molar-refractivity contribution is 0.632. The fourth-order valence-corrected chi connectivity index (χ4v) is 2.77. The van der Waals surface area contributed by atoms with E-state index < -0.39 is 0 Å². The molecule has 0 amide bonds. The second-order valence-electron chi connectivity index (χ2n) is 4.88. The smallest absolute Gasteiger partial charge is 0.0205 e. The fourth-order valence-electron chi connectivity index (χ4n) is 2.36. The maximum Gasteiger partial charge on any atom is 0.0205 e. The lowest BCUT2D eigenvalue weighted by atomic mass is 9.97. The number of hydrogen-bond donors (Lipinski definition) is 1. The summed E-state index contributed by atoms with van der Waals surface area (Å²) in [6, 6.07) is 8.84. The first-order chi connectivity index (χ1) is 8.88. The van der Waals surface area contributed by atoms with E-state index in [1.807, 2.05) is 0 Å². The molecule has 1 nitrogen and oxygen atoms in total. The number of allylic oxidation sites excluding steroid dienone is 1. The van der Waals surface area contributed by atoms with Crippen LogP contribution in [0, 0.1) is 0 Å². The van der Waals surface area contributed by atoms with E-state index in [1.165, 1.54) is 42.6 Å². The Hall–Kier alpha value is -0.440. The molecule has 0 aliphatic heterocycles. The van der Waals surface area contributed by atoms with Crippen LogP contribution in [-0.2, 0) is 6.54 Å². The van der Waals surface area contributed by atoms with Crippen LogP contribution in [0.2, 0.25) is 0 Å². The summed E-state index contributed by atoms with van der Waals surface area (Å²) >= 11 is 1.80. The summed E-state index contributed by atoms with van der Waals surface area (Å²) in [6.07, 6.45) is 11.2. The van der Waals surface area contributed by atoms with Crippen molar-refractivity contribution in [3.05, 3.63) is 41.5 Å². The first-order valence-electron chi connectivity index (χ1n) is 6.90. The van der Waals surface area contributed by atoms with Crippen molar-refractivity contribution < 1.29 is 0 Å². The molecule has 0 spiro atoms. The Bertz CT molecular complexity index is 386. The molecule has 1 aromatic rings. The molecule has 3 heteroatoms. The molecule has 0 heterocycles. The molecule has 0 saturated carbocycles. The number of thioether (sulfide) groups is 1. The van der Waals surface area contributed by atoms with E-state index in [0.717, 1.165) is 13.1 Å². The van der Waals surface area contributed by atoms with Gasteiger partial charge in [0.05, 0.1) is 0 Å². The highest BCUT2D eigenvalue weighted by molar-refractivity contribution is 7.98. The summed E-state index contributed by atoms with van der Waals surface area (Å²) in [5.41, 5.74) is 3.04. The van der Waals surface area contributed by atoms with Crippen LogP contribution in [0.3, 0.4) is 0 Å². The molecule has 106 valence electrons. The monoisotopic (exact) mass is 297 g/mol. The molecule has 1 aliphatic carbocycles. The molecule has 2 rings (SSSR count). The lowest BCUT2D eigenvalue weighted by Crippen LogP contribution is -2.15. The molecule has 1 aliphatic rings. The largest absolute Gasteiger partial charge is 0.312 e. The minimum absolute atomic E-state index is 0. The third kappa shape index (κ3) is 6.03. The molecular weight excluding hydrogens is 274 g/mol. The highest BCUT2D eigenvalue weighted by Crippen LogP contribution is 2.19. The van der Waals surface area contributed by atoms with Crippen molar-refractivity contribution in [3.63, 3.8) is 0 Å². The van der Waals surface area contributed by atoms with Gasteiger partial charge in [0.2, 0.25) is 0 Å². The Morgan fingerprint density at radius 1 is 1.16 bits per heavy atom. The van der Waals surface area contributed by atoms with Crippen LogP contribution >= 0.6 is 24.2 Å². The summed E-state index contributed by atoms with van der Waals surface area (Å²) in [6.45, 7) is 2.10. The zero-order valence-electron chi connectivity index (χ0n) is 11.7. The standard InChI is InChI=1S/C16H23NS.ClH/c1-18-16-9-7-15(8-10-16)13-17-12-11-14-5-3-2-4-6-14;/h5,7-10,17H,2-4,6,11-13H2,1H3;1H. The van der Waals surface area contributed by atoms with E-state index in [4.69, 9.17) is 0 Å². The number of hydrogen-bond acceptors (Lipinski definition) is 2. The molecule has 0 fully saturated rings. The molecule has 0 bridgehead atoms. The van der Waals surface area contributed by atoms with Crippen molar-refractivity contribution in [2.24, 2.45) is 0 Å². The third-order valence-corrected chi connectivity index (χ3v) is 4.24. The summed E-state index contributed by atoms with van der Waals surface area (Å²) in [5.74, 6) is 0. The summed E-state index contributed by atoms with van der Waals surface area (Å²) in [4.78, 5) is 1.34. The Morgan fingerprint density at radius 2 is 1.95 bits per heavy atom. The molecule has 0 saturated heterocycles. The van der Waals surface area contributed by atoms with Crippen molar-refractivity contribution in [2.75, 3.05) is 12.8 Å². The second-order valence-corrected chi connectivity index (χ2v) is 5.76. The van der Waals surface area contributed by atoms with E-state index in [0.29, 0.717) is 0 Å². The van der Waals surface area contributed by atoms with Crippen molar-refractivity contribution in [3.8, 4) is 0 Å². The Balaban J connectivity index is 0.00000180. The van der Waals surface area contributed by atoms with Crippen molar-refractivity contribution in [1.82, 2.24) is 5.32 Å². The van der Waals surface area contributed by atoms with Crippen LogP contribution in [0.15, 0.2) is 40.8 Å². The molecular formula is C16H24ClNS. The molecule has 1 aromatic carbocycles. The third-order valence-electron chi connectivity index (χ3n) is 3.50. The molecule has 0 aromatic heterocycles. The first kappa shape index (κ1) is 16.6. The minimum atomic E-state index is 0. The van der Waals surface area contributed by atoms with E-state index in [-0.39, 0.29) is 12.4 Å². The Labute approximate surface area is 127 Å². The number of benzene rings is 1. The topological polar surface area (TPSA) is 12.0 Å². The normalized spacial score (nSPS) is 14.7. The predicted octanol–water partition coefficient (Wildman–Crippen LogP) is 4.81. The van der Waals surface area contributed by atoms with E-state index in [1.54, 1.807) is 17.3 Å². The predicted molar refractivity (Wildman–Crippen MR) is 88.3 cm³/mol. The minimum Gasteiger partial charge on any atom is -0.312 e. The van der Waals surface area contributed by atoms with E-state index in [9.17, 15) is 0 Å². The average Bonchev–Trinajstić information content (AvgIpc) is 2.45. The quantitative estimate of drug-likeness (QED) is 0.459. The van der Waals surface area contributed by atoms with E-state index >= 15 is 0 Å². The van der Waals surface area contributed by atoms with Crippen LogP contribution < -0.4 is 5.32 Å². The average molecular weight is 298 g/mol. The summed E-state index contributed by atoms with van der Waals surface area (Å²) in [5, 5.41) is 3.54. The van der Waals surface area contributed by atoms with Gasteiger partial charge in [-0.2, -0.15) is 0 Å². The fraction of sp³-hybridized carbons (Fsp3) is 0.500. The van der Waals surface area contributed by atoms with Gasteiger partial charge < -0.3 is 5.32 Å². The number of halogens is 1. The summed E-state index contributed by atoms with van der Waals surface area (Å²) in [7, 11) is 0. The van der Waals surface area contributed by atoms with Crippen LogP contribution in [-0.4, -0.2) is 12.8 Å².